The molecule has 0 spiro atoms. The molecule has 0 aromatic heterocycles. The number of hydrogen-bond acceptors (Lipinski definition) is 6. The highest BCUT2D eigenvalue weighted by Crippen LogP contribution is 2.40. The van der Waals surface area contributed by atoms with E-state index in [0.717, 1.165) is 0 Å². The summed E-state index contributed by atoms with van der Waals surface area (Å²) in [6, 6.07) is 3.35. The van der Waals surface area contributed by atoms with Gasteiger partial charge in [0.2, 0.25) is 11.7 Å². The largest absolute Gasteiger partial charge is 0.493 e. The Labute approximate surface area is 147 Å². The molecule has 1 aliphatic heterocycles. The summed E-state index contributed by atoms with van der Waals surface area (Å²) >= 11 is 0. The second-order valence-electron chi connectivity index (χ2n) is 5.59. The first-order valence-electron chi connectivity index (χ1n) is 8.08. The predicted molar refractivity (Wildman–Crippen MR) is 92.5 cm³/mol. The van der Waals surface area contributed by atoms with Crippen molar-refractivity contribution in [2.45, 2.75) is 0 Å². The van der Waals surface area contributed by atoms with E-state index >= 15 is 0 Å². The van der Waals surface area contributed by atoms with Crippen molar-refractivity contribution in [1.29, 1.82) is 0 Å². The third-order valence-electron chi connectivity index (χ3n) is 4.18. The van der Waals surface area contributed by atoms with E-state index in [-0.39, 0.29) is 11.8 Å². The molecule has 1 N–H and O–H groups in total. The van der Waals surface area contributed by atoms with Crippen LogP contribution in [0.2, 0.25) is 0 Å². The summed E-state index contributed by atoms with van der Waals surface area (Å²) in [6.07, 6.45) is 0. The highest BCUT2D eigenvalue weighted by molar-refractivity contribution is 5.98. The summed E-state index contributed by atoms with van der Waals surface area (Å²) in [5.74, 6) is 1.12. The zero-order valence-corrected chi connectivity index (χ0v) is 15.1. The van der Waals surface area contributed by atoms with Gasteiger partial charge in [0.25, 0.3) is 5.91 Å². The Morgan fingerprint density at radius 2 is 1.56 bits per heavy atom. The smallest absolute Gasteiger partial charge is 0.257 e. The quantitative estimate of drug-likeness (QED) is 0.790. The minimum atomic E-state index is -0.154. The van der Waals surface area contributed by atoms with Gasteiger partial charge in [0.05, 0.1) is 33.4 Å². The third kappa shape index (κ3) is 3.96. The summed E-state index contributed by atoms with van der Waals surface area (Å²) < 4.78 is 16.0. The van der Waals surface area contributed by atoms with E-state index < -0.39 is 0 Å². The molecule has 8 nitrogen and oxygen atoms in total. The highest BCUT2D eigenvalue weighted by atomic mass is 16.5. The Hall–Kier alpha value is -2.48. The van der Waals surface area contributed by atoms with Gasteiger partial charge in [0.15, 0.2) is 11.5 Å². The number of rotatable bonds is 6. The third-order valence-corrected chi connectivity index (χ3v) is 4.18. The van der Waals surface area contributed by atoms with Crippen molar-refractivity contribution in [3.8, 4) is 17.2 Å². The van der Waals surface area contributed by atoms with E-state index in [1.807, 2.05) is 0 Å². The van der Waals surface area contributed by atoms with Crippen LogP contribution in [0.5, 0.6) is 17.2 Å². The average Bonchev–Trinajstić information content (AvgIpc) is 2.66. The maximum atomic E-state index is 12.9. The number of carbonyl (C=O) groups is 2. The molecule has 25 heavy (non-hydrogen) atoms. The Balaban J connectivity index is 2.15. The van der Waals surface area contributed by atoms with E-state index in [1.54, 1.807) is 29.0 Å². The summed E-state index contributed by atoms with van der Waals surface area (Å²) in [5.41, 5.74) is 0.412. The molecule has 1 saturated heterocycles. The fourth-order valence-corrected chi connectivity index (χ4v) is 2.86. The molecular formula is C17H25N3O5. The summed E-state index contributed by atoms with van der Waals surface area (Å²) in [6.45, 7) is 2.29. The van der Waals surface area contributed by atoms with Gasteiger partial charge in [-0.05, 0) is 19.2 Å². The summed E-state index contributed by atoms with van der Waals surface area (Å²) in [7, 11) is 6.25. The van der Waals surface area contributed by atoms with Crippen LogP contribution >= 0.6 is 0 Å². The Kier molecular flexibility index (Phi) is 6.46. The second kappa shape index (κ2) is 8.57. The van der Waals surface area contributed by atoms with Gasteiger partial charge >= 0.3 is 0 Å². The maximum absolute atomic E-state index is 12.9. The van der Waals surface area contributed by atoms with Crippen molar-refractivity contribution < 1.29 is 23.8 Å². The number of amides is 2. The number of carbonyl (C=O) groups excluding carboxylic acids is 2. The first-order chi connectivity index (χ1) is 12.1. The van der Waals surface area contributed by atoms with Crippen molar-refractivity contribution in [2.75, 3.05) is 61.1 Å². The number of ether oxygens (including phenoxy) is 3. The average molecular weight is 351 g/mol. The molecule has 1 heterocycles. The Morgan fingerprint density at radius 3 is 2.08 bits per heavy atom. The minimum Gasteiger partial charge on any atom is -0.493 e. The number of nitrogens with one attached hydrogen (secondary N) is 1. The number of piperazine rings is 1. The van der Waals surface area contributed by atoms with Crippen molar-refractivity contribution in [1.82, 2.24) is 15.1 Å². The van der Waals surface area contributed by atoms with Gasteiger partial charge in [-0.15, -0.1) is 0 Å². The number of likely N-dealkylation sites (N-methyl/N-ethyl adjacent to an activating group) is 1. The van der Waals surface area contributed by atoms with E-state index in [0.29, 0.717) is 55.5 Å². The second-order valence-corrected chi connectivity index (χ2v) is 5.59. The van der Waals surface area contributed by atoms with Crippen LogP contribution in [0.4, 0.5) is 0 Å². The molecule has 0 saturated carbocycles. The molecule has 0 radical (unpaired) electrons. The lowest BCUT2D eigenvalue weighted by molar-refractivity contribution is -0.131. The zero-order valence-electron chi connectivity index (χ0n) is 15.1. The SMILES string of the molecule is CNCC(=O)N1CCN(C(=O)c2ccc(OC)c(OC)c2OC)CC1. The van der Waals surface area contributed by atoms with Crippen LogP contribution in [0.3, 0.4) is 0 Å². The van der Waals surface area contributed by atoms with E-state index in [1.165, 1.54) is 21.3 Å². The molecular weight excluding hydrogens is 326 g/mol. The van der Waals surface area contributed by atoms with Gasteiger partial charge in [0.1, 0.15) is 0 Å². The standard InChI is InChI=1S/C17H25N3O5/c1-18-11-14(21)19-7-9-20(10-8-19)17(22)12-5-6-13(23-2)16(25-4)15(12)24-3/h5-6,18H,7-11H2,1-4H3. The topological polar surface area (TPSA) is 80.3 Å². The van der Waals surface area contributed by atoms with Gasteiger partial charge in [-0.25, -0.2) is 0 Å². The molecule has 1 aromatic carbocycles. The van der Waals surface area contributed by atoms with Crippen LogP contribution < -0.4 is 19.5 Å². The molecule has 1 aliphatic rings. The highest BCUT2D eigenvalue weighted by Gasteiger charge is 2.28. The molecule has 138 valence electrons. The number of benzene rings is 1. The normalized spacial score (nSPS) is 14.2. The molecule has 0 bridgehead atoms. The number of methoxy groups -OCH3 is 3. The number of nitrogens with zero attached hydrogens (tertiary/aromatic N) is 2. The molecule has 8 heteroatoms. The van der Waals surface area contributed by atoms with E-state index in [2.05, 4.69) is 5.32 Å². The molecule has 2 amide bonds. The van der Waals surface area contributed by atoms with Crippen LogP contribution in [0.25, 0.3) is 0 Å². The minimum absolute atomic E-state index is 0.0401. The molecule has 0 unspecified atom stereocenters. The van der Waals surface area contributed by atoms with Gasteiger partial charge in [-0.3, -0.25) is 9.59 Å². The molecule has 0 atom stereocenters. The van der Waals surface area contributed by atoms with Crippen LogP contribution in [0.1, 0.15) is 10.4 Å². The van der Waals surface area contributed by atoms with Crippen LogP contribution in [0, 0.1) is 0 Å². The van der Waals surface area contributed by atoms with E-state index in [9.17, 15) is 9.59 Å². The van der Waals surface area contributed by atoms with Crippen molar-refractivity contribution in [3.05, 3.63) is 17.7 Å². The van der Waals surface area contributed by atoms with Crippen LogP contribution in [-0.2, 0) is 4.79 Å². The lowest BCUT2D eigenvalue weighted by Gasteiger charge is -2.35. The van der Waals surface area contributed by atoms with Crippen LogP contribution in [-0.4, -0.2) is 82.7 Å². The number of hydrogen-bond donors (Lipinski definition) is 1. The summed E-state index contributed by atoms with van der Waals surface area (Å²) in [4.78, 5) is 28.3. The fourth-order valence-electron chi connectivity index (χ4n) is 2.86. The zero-order chi connectivity index (χ0) is 18.4. The lowest BCUT2D eigenvalue weighted by atomic mass is 10.1. The molecule has 2 rings (SSSR count). The van der Waals surface area contributed by atoms with Gasteiger partial charge in [0, 0.05) is 26.2 Å². The van der Waals surface area contributed by atoms with Crippen molar-refractivity contribution >= 4 is 11.8 Å². The Morgan fingerprint density at radius 1 is 0.960 bits per heavy atom. The first kappa shape index (κ1) is 18.9. The first-order valence-corrected chi connectivity index (χ1v) is 8.08. The van der Waals surface area contributed by atoms with E-state index in [4.69, 9.17) is 14.2 Å². The van der Waals surface area contributed by atoms with Crippen LogP contribution in [0.15, 0.2) is 12.1 Å². The van der Waals surface area contributed by atoms with Gasteiger partial charge in [-0.2, -0.15) is 0 Å². The van der Waals surface area contributed by atoms with Crippen molar-refractivity contribution in [3.63, 3.8) is 0 Å². The maximum Gasteiger partial charge on any atom is 0.257 e. The summed E-state index contributed by atoms with van der Waals surface area (Å²) in [5, 5.41) is 2.85. The molecule has 1 aromatic rings. The van der Waals surface area contributed by atoms with Gasteiger partial charge < -0.3 is 29.3 Å². The lowest BCUT2D eigenvalue weighted by Crippen LogP contribution is -2.52. The molecule has 0 aliphatic carbocycles. The predicted octanol–water partition coefficient (Wildman–Crippen LogP) is 0.216. The monoisotopic (exact) mass is 351 g/mol. The molecule has 1 fully saturated rings. The fraction of sp³-hybridized carbons (Fsp3) is 0.529. The van der Waals surface area contributed by atoms with Crippen molar-refractivity contribution in [2.24, 2.45) is 0 Å². The Bertz CT molecular complexity index is 627. The van der Waals surface area contributed by atoms with Gasteiger partial charge in [-0.1, -0.05) is 0 Å².